The number of nitrogens with two attached hydrogens (primary N) is 2. The summed E-state index contributed by atoms with van der Waals surface area (Å²) in [5.74, 6) is -0.439. The van der Waals surface area contributed by atoms with Gasteiger partial charge in [0, 0.05) is 17.7 Å². The molecule has 0 bridgehead atoms. The molecule has 31 heavy (non-hydrogen) atoms. The molecule has 0 fully saturated rings. The van der Waals surface area contributed by atoms with Gasteiger partial charge in [0.1, 0.15) is 11.6 Å². The first kappa shape index (κ1) is 18.3. The number of rotatable bonds is 2. The third-order valence-electron chi connectivity index (χ3n) is 5.26. The Morgan fingerprint density at radius 1 is 1.03 bits per heavy atom. The van der Waals surface area contributed by atoms with Crippen molar-refractivity contribution >= 4 is 33.4 Å². The van der Waals surface area contributed by atoms with Gasteiger partial charge in [-0.2, -0.15) is 5.26 Å². The zero-order chi connectivity index (χ0) is 21.7. The second-order valence-electron chi connectivity index (χ2n) is 7.06. The van der Waals surface area contributed by atoms with E-state index in [1.54, 1.807) is 18.2 Å². The highest BCUT2D eigenvalue weighted by Crippen LogP contribution is 2.48. The van der Waals surface area contributed by atoms with E-state index in [1.807, 2.05) is 24.3 Å². The van der Waals surface area contributed by atoms with Gasteiger partial charge < -0.3 is 16.2 Å². The fourth-order valence-corrected chi connectivity index (χ4v) is 3.86. The third kappa shape index (κ3) is 2.78. The first-order valence-electron chi connectivity index (χ1n) is 9.28. The summed E-state index contributed by atoms with van der Waals surface area (Å²) in [6.07, 6.45) is 0. The molecule has 5 rings (SSSR count). The minimum Gasteiger partial charge on any atom is -0.438 e. The number of aromatic nitrogens is 2. The van der Waals surface area contributed by atoms with Crippen LogP contribution in [0.15, 0.2) is 66.1 Å². The zero-order valence-corrected chi connectivity index (χ0v) is 15.9. The van der Waals surface area contributed by atoms with Crippen molar-refractivity contribution < 1.29 is 9.66 Å². The van der Waals surface area contributed by atoms with Gasteiger partial charge >= 0.3 is 0 Å². The number of nitrogens with zero attached hydrogens (tertiary/aromatic N) is 4. The van der Waals surface area contributed by atoms with Crippen LogP contribution < -0.4 is 16.2 Å². The summed E-state index contributed by atoms with van der Waals surface area (Å²) in [7, 11) is 0. The Bertz CT molecular complexity index is 1470. The minimum atomic E-state index is -0.670. The third-order valence-corrected chi connectivity index (χ3v) is 5.26. The lowest BCUT2D eigenvalue weighted by molar-refractivity contribution is -0.384. The first-order chi connectivity index (χ1) is 15.0. The number of para-hydroxylation sites is 2. The zero-order valence-electron chi connectivity index (χ0n) is 15.9. The van der Waals surface area contributed by atoms with Gasteiger partial charge in [0.15, 0.2) is 5.75 Å². The Kier molecular flexibility index (Phi) is 3.94. The molecule has 0 radical (unpaired) electrons. The molecular formula is C22H14N6O3. The van der Waals surface area contributed by atoms with Crippen LogP contribution in [0.4, 0.5) is 11.4 Å². The fourth-order valence-electron chi connectivity index (χ4n) is 3.86. The summed E-state index contributed by atoms with van der Waals surface area (Å²) in [6.45, 7) is 0. The molecule has 0 amide bonds. The average Bonchev–Trinajstić information content (AvgIpc) is 2.77. The predicted molar refractivity (Wildman–Crippen MR) is 114 cm³/mol. The van der Waals surface area contributed by atoms with E-state index in [0.717, 1.165) is 0 Å². The number of nitro benzene ring substituents is 1. The molecule has 9 nitrogen and oxygen atoms in total. The number of hydrogen-bond donors (Lipinski definition) is 2. The summed E-state index contributed by atoms with van der Waals surface area (Å²) in [5, 5.41) is 20.9. The lowest BCUT2D eigenvalue weighted by Crippen LogP contribution is -2.22. The quantitative estimate of drug-likeness (QED) is 0.220. The van der Waals surface area contributed by atoms with Crippen molar-refractivity contribution in [1.82, 2.24) is 9.97 Å². The van der Waals surface area contributed by atoms with Gasteiger partial charge in [0.2, 0.25) is 5.88 Å². The fraction of sp³-hybridized carbons (Fsp3) is 0.0455. The highest BCUT2D eigenvalue weighted by Gasteiger charge is 2.35. The Morgan fingerprint density at radius 3 is 2.35 bits per heavy atom. The van der Waals surface area contributed by atoms with Gasteiger partial charge in [-0.05, 0) is 23.8 Å². The number of ether oxygens (including phenoxy) is 1. The maximum atomic E-state index is 11.1. The molecule has 0 saturated carbocycles. The van der Waals surface area contributed by atoms with Gasteiger partial charge in [-0.15, -0.1) is 0 Å². The minimum absolute atomic E-state index is 0.0605. The molecule has 1 aliphatic rings. The number of allylic oxidation sites excluding steroid dienone is 1. The van der Waals surface area contributed by atoms with E-state index >= 15 is 0 Å². The number of non-ortho nitro benzene ring substituents is 1. The van der Waals surface area contributed by atoms with E-state index in [-0.39, 0.29) is 17.1 Å². The molecule has 9 heteroatoms. The van der Waals surface area contributed by atoms with E-state index < -0.39 is 10.8 Å². The number of nitro groups is 1. The number of nitrogen functional groups attached to an aromatic ring is 1. The Morgan fingerprint density at radius 2 is 1.71 bits per heavy atom. The number of anilines is 1. The molecule has 4 aromatic rings. The van der Waals surface area contributed by atoms with Crippen molar-refractivity contribution in [3.8, 4) is 11.8 Å². The molecule has 150 valence electrons. The SMILES string of the molecule is N#CC1=C(N)Oc2c(N)cc3nc4ccccc4nc3c2C1c1ccc([N+](=O)[O-])cc1. The van der Waals surface area contributed by atoms with Crippen LogP contribution in [0, 0.1) is 21.4 Å². The van der Waals surface area contributed by atoms with Crippen molar-refractivity contribution in [1.29, 1.82) is 5.26 Å². The van der Waals surface area contributed by atoms with Crippen LogP contribution in [0.2, 0.25) is 0 Å². The molecule has 0 aliphatic carbocycles. The van der Waals surface area contributed by atoms with Gasteiger partial charge in [-0.25, -0.2) is 9.97 Å². The molecule has 1 unspecified atom stereocenters. The topological polar surface area (TPSA) is 154 Å². The highest BCUT2D eigenvalue weighted by atomic mass is 16.6. The Labute approximate surface area is 175 Å². The molecule has 1 atom stereocenters. The summed E-state index contributed by atoms with van der Waals surface area (Å²) in [6, 6.07) is 17.1. The molecule has 3 aromatic carbocycles. The normalized spacial score (nSPS) is 15.4. The molecule has 1 aliphatic heterocycles. The monoisotopic (exact) mass is 410 g/mol. The first-order valence-corrected chi connectivity index (χ1v) is 9.28. The summed E-state index contributed by atoms with van der Waals surface area (Å²) >= 11 is 0. The highest BCUT2D eigenvalue weighted by molar-refractivity contribution is 5.94. The second-order valence-corrected chi connectivity index (χ2v) is 7.06. The second kappa shape index (κ2) is 6.67. The van der Waals surface area contributed by atoms with Crippen LogP contribution >= 0.6 is 0 Å². The number of nitriles is 1. The van der Waals surface area contributed by atoms with E-state index in [4.69, 9.17) is 21.2 Å². The molecule has 4 N–H and O–H groups in total. The summed E-state index contributed by atoms with van der Waals surface area (Å²) < 4.78 is 5.73. The van der Waals surface area contributed by atoms with Crippen LogP contribution in [-0.4, -0.2) is 14.9 Å². The van der Waals surface area contributed by atoms with Crippen LogP contribution in [0.1, 0.15) is 17.0 Å². The Balaban J connectivity index is 1.85. The van der Waals surface area contributed by atoms with Crippen LogP contribution in [0.5, 0.6) is 5.75 Å². The molecule has 0 spiro atoms. The number of fused-ring (bicyclic) bond motifs is 4. The number of benzene rings is 3. The van der Waals surface area contributed by atoms with Crippen molar-refractivity contribution in [2.45, 2.75) is 5.92 Å². The summed E-state index contributed by atoms with van der Waals surface area (Å²) in [4.78, 5) is 20.0. The van der Waals surface area contributed by atoms with Crippen molar-refractivity contribution in [2.75, 3.05) is 5.73 Å². The molecule has 0 saturated heterocycles. The van der Waals surface area contributed by atoms with E-state index in [9.17, 15) is 15.4 Å². The lowest BCUT2D eigenvalue weighted by Gasteiger charge is -2.28. The molecular weight excluding hydrogens is 396 g/mol. The van der Waals surface area contributed by atoms with Gasteiger partial charge in [0.05, 0.1) is 38.6 Å². The predicted octanol–water partition coefficient (Wildman–Crippen LogP) is 3.49. The Hall–Kier alpha value is -4.71. The lowest BCUT2D eigenvalue weighted by atomic mass is 9.82. The standard InChI is InChI=1S/C22H14N6O3/c23-10-13-18(11-5-7-12(8-6-11)28(29)30)19-20-17(9-14(24)21(19)31-22(13)25)26-15-3-1-2-4-16(15)27-20/h1-9,18H,24-25H2. The van der Waals surface area contributed by atoms with Gasteiger partial charge in [-0.3, -0.25) is 10.1 Å². The number of hydrogen-bond acceptors (Lipinski definition) is 8. The average molecular weight is 410 g/mol. The van der Waals surface area contributed by atoms with E-state index in [2.05, 4.69) is 11.1 Å². The maximum absolute atomic E-state index is 11.1. The van der Waals surface area contributed by atoms with Crippen LogP contribution in [0.25, 0.3) is 22.1 Å². The van der Waals surface area contributed by atoms with Crippen molar-refractivity contribution in [2.24, 2.45) is 5.73 Å². The summed E-state index contributed by atoms with van der Waals surface area (Å²) in [5.41, 5.74) is 16.3. The van der Waals surface area contributed by atoms with Gasteiger partial charge in [0.25, 0.3) is 5.69 Å². The van der Waals surface area contributed by atoms with E-state index in [0.29, 0.717) is 44.6 Å². The molecule has 2 heterocycles. The van der Waals surface area contributed by atoms with E-state index in [1.165, 1.54) is 12.1 Å². The molecule has 1 aromatic heterocycles. The maximum Gasteiger partial charge on any atom is 0.269 e. The largest absolute Gasteiger partial charge is 0.438 e. The van der Waals surface area contributed by atoms with Gasteiger partial charge in [-0.1, -0.05) is 24.3 Å². The van der Waals surface area contributed by atoms with Crippen LogP contribution in [-0.2, 0) is 0 Å². The van der Waals surface area contributed by atoms with Crippen LogP contribution in [0.3, 0.4) is 0 Å². The smallest absolute Gasteiger partial charge is 0.269 e. The van der Waals surface area contributed by atoms with Crippen molar-refractivity contribution in [3.05, 3.63) is 87.3 Å². The van der Waals surface area contributed by atoms with Crippen molar-refractivity contribution in [3.63, 3.8) is 0 Å².